The van der Waals surface area contributed by atoms with Crippen LogP contribution in [0.3, 0.4) is 0 Å². The minimum Gasteiger partial charge on any atom is -0.454 e. The van der Waals surface area contributed by atoms with Gasteiger partial charge in [0.1, 0.15) is 0 Å². The van der Waals surface area contributed by atoms with E-state index in [2.05, 4.69) is 11.0 Å². The van der Waals surface area contributed by atoms with Gasteiger partial charge in [-0.3, -0.25) is 9.69 Å². The molecule has 3 aliphatic heterocycles. The van der Waals surface area contributed by atoms with Gasteiger partial charge in [-0.2, -0.15) is 0 Å². The summed E-state index contributed by atoms with van der Waals surface area (Å²) in [5.74, 6) is 3.11. The lowest BCUT2D eigenvalue weighted by Crippen LogP contribution is -2.47. The summed E-state index contributed by atoms with van der Waals surface area (Å²) in [4.78, 5) is 16.8. The quantitative estimate of drug-likeness (QED) is 0.743. The van der Waals surface area contributed by atoms with Crippen LogP contribution < -0.4 is 18.9 Å². The van der Waals surface area contributed by atoms with Crippen LogP contribution in [0.25, 0.3) is 6.08 Å². The van der Waals surface area contributed by atoms with Gasteiger partial charge in [0.2, 0.25) is 19.5 Å². The van der Waals surface area contributed by atoms with Crippen molar-refractivity contribution in [3.63, 3.8) is 0 Å². The highest BCUT2D eigenvalue weighted by atomic mass is 16.7. The number of nitrogens with zero attached hydrogens (tertiary/aromatic N) is 2. The largest absolute Gasteiger partial charge is 0.454 e. The molecule has 1 amide bonds. The van der Waals surface area contributed by atoms with Crippen molar-refractivity contribution in [2.75, 3.05) is 39.8 Å². The summed E-state index contributed by atoms with van der Waals surface area (Å²) in [7, 11) is 0. The maximum Gasteiger partial charge on any atom is 0.246 e. The number of piperazine rings is 1. The Morgan fingerprint density at radius 1 is 0.828 bits per heavy atom. The SMILES string of the molecule is O=C(C=Cc1ccc2c(c1)OCO2)N1CCN(Cc2ccc3c(c2)OCO3)CC1. The van der Waals surface area contributed by atoms with Crippen LogP contribution in [-0.2, 0) is 11.3 Å². The summed E-state index contributed by atoms with van der Waals surface area (Å²) >= 11 is 0. The molecule has 0 bridgehead atoms. The Labute approximate surface area is 169 Å². The molecule has 0 aliphatic carbocycles. The molecular formula is C22H22N2O5. The molecule has 0 saturated carbocycles. The zero-order valence-electron chi connectivity index (χ0n) is 16.0. The fraction of sp³-hybridized carbons (Fsp3) is 0.318. The second kappa shape index (κ2) is 7.67. The highest BCUT2D eigenvalue weighted by Gasteiger charge is 2.21. The molecule has 0 N–H and O–H groups in total. The first-order valence-corrected chi connectivity index (χ1v) is 9.72. The van der Waals surface area contributed by atoms with Crippen LogP contribution in [0.1, 0.15) is 11.1 Å². The van der Waals surface area contributed by atoms with Gasteiger partial charge < -0.3 is 23.8 Å². The highest BCUT2D eigenvalue weighted by molar-refractivity contribution is 5.92. The van der Waals surface area contributed by atoms with E-state index < -0.39 is 0 Å². The third-order valence-corrected chi connectivity index (χ3v) is 5.34. The number of carbonyl (C=O) groups excluding carboxylic acids is 1. The van der Waals surface area contributed by atoms with Crippen LogP contribution >= 0.6 is 0 Å². The zero-order chi connectivity index (χ0) is 19.6. The Morgan fingerprint density at radius 3 is 2.24 bits per heavy atom. The van der Waals surface area contributed by atoms with Crippen molar-refractivity contribution >= 4 is 12.0 Å². The molecule has 29 heavy (non-hydrogen) atoms. The van der Waals surface area contributed by atoms with Crippen LogP contribution in [0.5, 0.6) is 23.0 Å². The fourth-order valence-corrected chi connectivity index (χ4v) is 3.71. The van der Waals surface area contributed by atoms with Gasteiger partial charge in [-0.25, -0.2) is 0 Å². The molecule has 2 aromatic rings. The first-order valence-electron chi connectivity index (χ1n) is 9.72. The first-order chi connectivity index (χ1) is 14.2. The van der Waals surface area contributed by atoms with E-state index in [1.807, 2.05) is 41.3 Å². The number of benzene rings is 2. The molecule has 0 aromatic heterocycles. The van der Waals surface area contributed by atoms with Crippen LogP contribution in [-0.4, -0.2) is 55.5 Å². The summed E-state index contributed by atoms with van der Waals surface area (Å²) in [5, 5.41) is 0. The predicted molar refractivity (Wildman–Crippen MR) is 106 cm³/mol. The Morgan fingerprint density at radius 2 is 1.48 bits per heavy atom. The van der Waals surface area contributed by atoms with Crippen molar-refractivity contribution in [3.05, 3.63) is 53.6 Å². The average Bonchev–Trinajstić information content (AvgIpc) is 3.41. The molecule has 5 rings (SSSR count). The molecular weight excluding hydrogens is 372 g/mol. The lowest BCUT2D eigenvalue weighted by Gasteiger charge is -2.34. The van der Waals surface area contributed by atoms with Crippen molar-refractivity contribution in [1.82, 2.24) is 9.80 Å². The zero-order valence-corrected chi connectivity index (χ0v) is 16.0. The van der Waals surface area contributed by atoms with Gasteiger partial charge in [0.25, 0.3) is 0 Å². The second-order valence-corrected chi connectivity index (χ2v) is 7.24. The number of fused-ring (bicyclic) bond motifs is 2. The molecule has 7 heteroatoms. The Balaban J connectivity index is 1.14. The molecule has 1 saturated heterocycles. The summed E-state index contributed by atoms with van der Waals surface area (Å²) in [6, 6.07) is 11.7. The van der Waals surface area contributed by atoms with Gasteiger partial charge in [0.05, 0.1) is 0 Å². The Bertz CT molecular complexity index is 950. The Hall–Kier alpha value is -3.19. The second-order valence-electron chi connectivity index (χ2n) is 7.24. The normalized spacial score (nSPS) is 17.9. The van der Waals surface area contributed by atoms with Gasteiger partial charge in [-0.15, -0.1) is 0 Å². The standard InChI is InChI=1S/C22H22N2O5/c25-22(6-3-16-1-4-18-20(11-16)28-14-26-18)24-9-7-23(8-10-24)13-17-2-5-19-21(12-17)29-15-27-19/h1-6,11-12H,7-10,13-15H2. The van der Waals surface area contributed by atoms with Gasteiger partial charge >= 0.3 is 0 Å². The van der Waals surface area contributed by atoms with E-state index in [0.29, 0.717) is 6.79 Å². The van der Waals surface area contributed by atoms with Crippen LogP contribution in [0, 0.1) is 0 Å². The number of hydrogen-bond donors (Lipinski definition) is 0. The topological polar surface area (TPSA) is 60.5 Å². The number of ether oxygens (including phenoxy) is 4. The van der Waals surface area contributed by atoms with Crippen LogP contribution in [0.4, 0.5) is 0 Å². The average molecular weight is 394 g/mol. The van der Waals surface area contributed by atoms with Crippen molar-refractivity contribution in [1.29, 1.82) is 0 Å². The number of amides is 1. The molecule has 2 aromatic carbocycles. The van der Waals surface area contributed by atoms with Crippen molar-refractivity contribution in [2.45, 2.75) is 6.54 Å². The molecule has 1 fully saturated rings. The lowest BCUT2D eigenvalue weighted by molar-refractivity contribution is -0.127. The third kappa shape index (κ3) is 3.86. The number of carbonyl (C=O) groups is 1. The lowest BCUT2D eigenvalue weighted by atomic mass is 10.1. The van der Waals surface area contributed by atoms with E-state index in [1.165, 1.54) is 5.56 Å². The minimum absolute atomic E-state index is 0.0328. The fourth-order valence-electron chi connectivity index (χ4n) is 3.71. The van der Waals surface area contributed by atoms with Crippen molar-refractivity contribution < 1.29 is 23.7 Å². The van der Waals surface area contributed by atoms with Gasteiger partial charge in [0, 0.05) is 38.8 Å². The summed E-state index contributed by atoms with van der Waals surface area (Å²) in [6.07, 6.45) is 3.45. The van der Waals surface area contributed by atoms with Crippen molar-refractivity contribution in [3.8, 4) is 23.0 Å². The molecule has 7 nitrogen and oxygen atoms in total. The molecule has 0 spiro atoms. The highest BCUT2D eigenvalue weighted by Crippen LogP contribution is 2.33. The molecule has 3 aliphatic rings. The summed E-state index contributed by atoms with van der Waals surface area (Å²) < 4.78 is 21.5. The Kier molecular flexibility index (Phi) is 4.73. The van der Waals surface area contributed by atoms with Crippen LogP contribution in [0.15, 0.2) is 42.5 Å². The maximum atomic E-state index is 12.5. The minimum atomic E-state index is 0.0328. The number of rotatable bonds is 4. The van der Waals surface area contributed by atoms with E-state index in [9.17, 15) is 4.79 Å². The summed E-state index contributed by atoms with van der Waals surface area (Å²) in [6.45, 7) is 4.50. The van der Waals surface area contributed by atoms with Gasteiger partial charge in [-0.05, 0) is 41.5 Å². The van der Waals surface area contributed by atoms with E-state index >= 15 is 0 Å². The number of hydrogen-bond acceptors (Lipinski definition) is 6. The van der Waals surface area contributed by atoms with Crippen LogP contribution in [0.2, 0.25) is 0 Å². The third-order valence-electron chi connectivity index (χ3n) is 5.34. The van der Waals surface area contributed by atoms with E-state index in [0.717, 1.165) is 61.3 Å². The monoisotopic (exact) mass is 394 g/mol. The molecule has 150 valence electrons. The van der Waals surface area contributed by atoms with E-state index in [-0.39, 0.29) is 12.7 Å². The maximum absolute atomic E-state index is 12.5. The molecule has 0 radical (unpaired) electrons. The predicted octanol–water partition coefficient (Wildman–Crippen LogP) is 2.50. The smallest absolute Gasteiger partial charge is 0.246 e. The molecule has 0 atom stereocenters. The molecule has 0 unspecified atom stereocenters. The molecule has 3 heterocycles. The van der Waals surface area contributed by atoms with Gasteiger partial charge in [0.15, 0.2) is 23.0 Å². The van der Waals surface area contributed by atoms with Crippen molar-refractivity contribution in [2.24, 2.45) is 0 Å². The summed E-state index contributed by atoms with van der Waals surface area (Å²) in [5.41, 5.74) is 2.11. The van der Waals surface area contributed by atoms with E-state index in [4.69, 9.17) is 18.9 Å². The first kappa shape index (κ1) is 17.9. The van der Waals surface area contributed by atoms with E-state index in [1.54, 1.807) is 6.08 Å². The van der Waals surface area contributed by atoms with Gasteiger partial charge in [-0.1, -0.05) is 12.1 Å².